The number of fused-ring (bicyclic) bond motifs is 1. The Morgan fingerprint density at radius 2 is 2.20 bits per heavy atom. The van der Waals surface area contributed by atoms with Crippen LogP contribution in [0.2, 0.25) is 0 Å². The van der Waals surface area contributed by atoms with Gasteiger partial charge in [0, 0.05) is 6.04 Å². The molecule has 3 atom stereocenters. The average Bonchev–Trinajstić information content (AvgIpc) is 3.03. The van der Waals surface area contributed by atoms with E-state index in [1.165, 1.54) is 4.90 Å². The molecule has 7 heteroatoms. The number of nitrogens with one attached hydrogen (secondary N) is 1. The lowest BCUT2D eigenvalue weighted by molar-refractivity contribution is -0.120. The number of piperidine rings is 1. The summed E-state index contributed by atoms with van der Waals surface area (Å²) in [5.74, 6) is 0.516. The molecule has 0 bridgehead atoms. The number of aromatic nitrogens is 1. The van der Waals surface area contributed by atoms with E-state index in [-0.39, 0.29) is 11.9 Å². The molecule has 1 aliphatic heterocycles. The van der Waals surface area contributed by atoms with E-state index in [9.17, 15) is 14.7 Å². The Bertz CT molecular complexity index is 592. The SMILES string of the molecule is Cc1ccc(Br)nc1NC(=O)[C@@H]1C[C@H]2C[C@H]2N1C(=O)O. The number of anilines is 1. The summed E-state index contributed by atoms with van der Waals surface area (Å²) in [5, 5.41) is 12.0. The number of hydrogen-bond donors (Lipinski definition) is 2. The van der Waals surface area contributed by atoms with Gasteiger partial charge in [0.2, 0.25) is 5.91 Å². The van der Waals surface area contributed by atoms with Crippen molar-refractivity contribution < 1.29 is 14.7 Å². The maximum Gasteiger partial charge on any atom is 0.408 e. The standard InChI is InChI=1S/C13H14BrN3O3/c1-6-2-3-10(14)15-11(6)16-12(18)9-5-7-4-8(7)17(9)13(19)20/h2-3,7-9H,4-5H2,1H3,(H,19,20)(H,15,16,18)/t7-,8-,9+/m1/s1. The molecule has 106 valence electrons. The minimum atomic E-state index is -1.02. The second-order valence-electron chi connectivity index (χ2n) is 5.29. The van der Waals surface area contributed by atoms with Crippen LogP contribution in [0.1, 0.15) is 18.4 Å². The summed E-state index contributed by atoms with van der Waals surface area (Å²) < 4.78 is 0.628. The number of carboxylic acid groups (broad SMARTS) is 1. The van der Waals surface area contributed by atoms with Gasteiger partial charge in [-0.25, -0.2) is 9.78 Å². The van der Waals surface area contributed by atoms with Gasteiger partial charge < -0.3 is 10.4 Å². The number of carbonyl (C=O) groups excluding carboxylic acids is 1. The highest BCUT2D eigenvalue weighted by Gasteiger charge is 2.56. The molecule has 2 heterocycles. The predicted octanol–water partition coefficient (Wildman–Crippen LogP) is 2.23. The monoisotopic (exact) mass is 339 g/mol. The molecule has 2 N–H and O–H groups in total. The highest BCUT2D eigenvalue weighted by Crippen LogP contribution is 2.47. The molecule has 1 aromatic rings. The Kier molecular flexibility index (Phi) is 3.16. The minimum absolute atomic E-state index is 0.0276. The number of carbonyl (C=O) groups is 2. The molecule has 2 amide bonds. The molecule has 1 aromatic heterocycles. The van der Waals surface area contributed by atoms with Crippen molar-refractivity contribution in [1.82, 2.24) is 9.88 Å². The van der Waals surface area contributed by atoms with E-state index < -0.39 is 12.1 Å². The van der Waals surface area contributed by atoms with Crippen LogP contribution in [-0.4, -0.2) is 39.1 Å². The number of hydrogen-bond acceptors (Lipinski definition) is 3. The van der Waals surface area contributed by atoms with Crippen LogP contribution in [0, 0.1) is 12.8 Å². The van der Waals surface area contributed by atoms with Gasteiger partial charge in [-0.3, -0.25) is 9.69 Å². The summed E-state index contributed by atoms with van der Waals surface area (Å²) in [6.45, 7) is 1.84. The molecule has 1 aliphatic carbocycles. The number of likely N-dealkylation sites (tertiary alicyclic amines) is 1. The lowest BCUT2D eigenvalue weighted by Crippen LogP contribution is -2.45. The smallest absolute Gasteiger partial charge is 0.408 e. The third kappa shape index (κ3) is 2.26. The molecular formula is C13H14BrN3O3. The van der Waals surface area contributed by atoms with Gasteiger partial charge >= 0.3 is 6.09 Å². The maximum atomic E-state index is 12.3. The van der Waals surface area contributed by atoms with Crippen molar-refractivity contribution >= 4 is 33.7 Å². The molecule has 0 radical (unpaired) electrons. The summed E-state index contributed by atoms with van der Waals surface area (Å²) in [6, 6.07) is 3.06. The first-order valence-electron chi connectivity index (χ1n) is 6.42. The van der Waals surface area contributed by atoms with Gasteiger partial charge in [-0.15, -0.1) is 0 Å². The lowest BCUT2D eigenvalue weighted by Gasteiger charge is -2.23. The number of nitrogens with zero attached hydrogens (tertiary/aromatic N) is 2. The van der Waals surface area contributed by atoms with Crippen molar-refractivity contribution in [1.29, 1.82) is 0 Å². The van der Waals surface area contributed by atoms with Crippen LogP contribution < -0.4 is 5.32 Å². The second-order valence-corrected chi connectivity index (χ2v) is 6.11. The fourth-order valence-corrected chi connectivity index (χ4v) is 3.11. The first-order valence-corrected chi connectivity index (χ1v) is 7.22. The quantitative estimate of drug-likeness (QED) is 0.809. The average molecular weight is 340 g/mol. The van der Waals surface area contributed by atoms with E-state index in [2.05, 4.69) is 26.2 Å². The van der Waals surface area contributed by atoms with Crippen LogP contribution in [-0.2, 0) is 4.79 Å². The highest BCUT2D eigenvalue weighted by molar-refractivity contribution is 9.10. The van der Waals surface area contributed by atoms with Crippen molar-refractivity contribution in [3.8, 4) is 0 Å². The van der Waals surface area contributed by atoms with Crippen LogP contribution in [0.25, 0.3) is 0 Å². The van der Waals surface area contributed by atoms with E-state index in [0.717, 1.165) is 12.0 Å². The van der Waals surface area contributed by atoms with Crippen LogP contribution in [0.15, 0.2) is 16.7 Å². The van der Waals surface area contributed by atoms with Gasteiger partial charge in [0.1, 0.15) is 16.5 Å². The third-order valence-electron chi connectivity index (χ3n) is 3.93. The van der Waals surface area contributed by atoms with Crippen molar-refractivity contribution in [3.63, 3.8) is 0 Å². The lowest BCUT2D eigenvalue weighted by atomic mass is 10.1. The van der Waals surface area contributed by atoms with Crippen molar-refractivity contribution in [2.24, 2.45) is 5.92 Å². The highest BCUT2D eigenvalue weighted by atomic mass is 79.9. The summed E-state index contributed by atoms with van der Waals surface area (Å²) in [7, 11) is 0. The first kappa shape index (κ1) is 13.4. The molecule has 1 saturated heterocycles. The summed E-state index contributed by atoms with van der Waals surface area (Å²) in [6.07, 6.45) is 0.467. The summed E-state index contributed by atoms with van der Waals surface area (Å²) in [4.78, 5) is 29.0. The molecule has 2 aliphatic rings. The van der Waals surface area contributed by atoms with Gasteiger partial charge in [0.05, 0.1) is 0 Å². The normalized spacial score (nSPS) is 27.1. The zero-order chi connectivity index (χ0) is 14.4. The van der Waals surface area contributed by atoms with Crippen LogP contribution >= 0.6 is 15.9 Å². The van der Waals surface area contributed by atoms with E-state index in [4.69, 9.17) is 0 Å². The number of rotatable bonds is 2. The van der Waals surface area contributed by atoms with E-state index >= 15 is 0 Å². The predicted molar refractivity (Wildman–Crippen MR) is 75.5 cm³/mol. The van der Waals surface area contributed by atoms with Gasteiger partial charge in [-0.05, 0) is 53.2 Å². The maximum absolute atomic E-state index is 12.3. The Balaban J connectivity index is 1.76. The molecule has 1 saturated carbocycles. The number of aryl methyl sites for hydroxylation is 1. The van der Waals surface area contributed by atoms with Gasteiger partial charge in [-0.2, -0.15) is 0 Å². The summed E-state index contributed by atoms with van der Waals surface area (Å²) in [5.41, 5.74) is 0.839. The first-order chi connectivity index (χ1) is 9.47. The molecule has 2 fully saturated rings. The molecule has 3 rings (SSSR count). The molecule has 6 nitrogen and oxygen atoms in total. The van der Waals surface area contributed by atoms with Gasteiger partial charge in [-0.1, -0.05) is 6.07 Å². The number of halogens is 1. The van der Waals surface area contributed by atoms with Crippen LogP contribution in [0.4, 0.5) is 10.6 Å². The summed E-state index contributed by atoms with van der Waals surface area (Å²) >= 11 is 3.25. The third-order valence-corrected chi connectivity index (χ3v) is 4.37. The zero-order valence-corrected chi connectivity index (χ0v) is 12.4. The van der Waals surface area contributed by atoms with Crippen molar-refractivity contribution in [2.75, 3.05) is 5.32 Å². The number of amides is 2. The fraction of sp³-hybridized carbons (Fsp3) is 0.462. The topological polar surface area (TPSA) is 82.5 Å². The molecule has 0 spiro atoms. The molecule has 0 aromatic carbocycles. The van der Waals surface area contributed by atoms with Crippen LogP contribution in [0.5, 0.6) is 0 Å². The Hall–Kier alpha value is -1.63. The fourth-order valence-electron chi connectivity index (χ4n) is 2.80. The molecular weight excluding hydrogens is 326 g/mol. The molecule has 0 unspecified atom stereocenters. The van der Waals surface area contributed by atoms with Crippen molar-refractivity contribution in [3.05, 3.63) is 22.3 Å². The second kappa shape index (κ2) is 4.73. The van der Waals surface area contributed by atoms with Crippen molar-refractivity contribution in [2.45, 2.75) is 31.8 Å². The minimum Gasteiger partial charge on any atom is -0.465 e. The Morgan fingerprint density at radius 3 is 2.90 bits per heavy atom. The number of pyridine rings is 1. The largest absolute Gasteiger partial charge is 0.465 e. The zero-order valence-electron chi connectivity index (χ0n) is 10.8. The Labute approximate surface area is 124 Å². The van der Waals surface area contributed by atoms with E-state index in [1.807, 2.05) is 13.0 Å². The van der Waals surface area contributed by atoms with Crippen LogP contribution in [0.3, 0.4) is 0 Å². The van der Waals surface area contributed by atoms with Gasteiger partial charge in [0.15, 0.2) is 0 Å². The molecule has 20 heavy (non-hydrogen) atoms. The van der Waals surface area contributed by atoms with E-state index in [0.29, 0.717) is 22.8 Å². The van der Waals surface area contributed by atoms with Gasteiger partial charge in [0.25, 0.3) is 0 Å². The Morgan fingerprint density at radius 1 is 1.45 bits per heavy atom. The van der Waals surface area contributed by atoms with E-state index in [1.54, 1.807) is 6.07 Å².